The van der Waals surface area contributed by atoms with Crippen molar-refractivity contribution >= 4 is 33.3 Å². The predicted molar refractivity (Wildman–Crippen MR) is 85.4 cm³/mol. The number of fused-ring (bicyclic) bond motifs is 1. The Morgan fingerprint density at radius 3 is 2.60 bits per heavy atom. The molecule has 1 aromatic heterocycles. The molecule has 0 aliphatic heterocycles. The molecular formula is C16H15NOS2. The minimum Gasteiger partial charge on any atom is -0.388 e. The Morgan fingerprint density at radius 2 is 1.90 bits per heavy atom. The van der Waals surface area contributed by atoms with E-state index in [0.29, 0.717) is 0 Å². The third-order valence-corrected chi connectivity index (χ3v) is 5.24. The number of aromatic nitrogens is 1. The first kappa shape index (κ1) is 13.6. The van der Waals surface area contributed by atoms with Gasteiger partial charge in [-0.3, -0.25) is 0 Å². The van der Waals surface area contributed by atoms with Crippen LogP contribution in [0.2, 0.25) is 0 Å². The molecule has 20 heavy (non-hydrogen) atoms. The quantitative estimate of drug-likeness (QED) is 0.744. The SMILES string of the molecule is CCC(O)c1ccc(Sc2nc3ccccc3s2)cc1. The second kappa shape index (κ2) is 5.95. The number of benzene rings is 2. The Balaban J connectivity index is 1.80. The van der Waals surface area contributed by atoms with E-state index in [2.05, 4.69) is 11.1 Å². The van der Waals surface area contributed by atoms with Gasteiger partial charge in [-0.25, -0.2) is 4.98 Å². The molecule has 1 atom stereocenters. The Labute approximate surface area is 126 Å². The van der Waals surface area contributed by atoms with Gasteiger partial charge in [0, 0.05) is 4.90 Å². The Bertz CT molecular complexity index is 673. The van der Waals surface area contributed by atoms with Crippen LogP contribution in [0.5, 0.6) is 0 Å². The van der Waals surface area contributed by atoms with Crippen LogP contribution in [0.1, 0.15) is 25.0 Å². The lowest BCUT2D eigenvalue weighted by atomic mass is 10.1. The lowest BCUT2D eigenvalue weighted by Gasteiger charge is -2.08. The fourth-order valence-corrected chi connectivity index (χ4v) is 4.03. The molecule has 3 rings (SSSR count). The molecule has 0 fully saturated rings. The Morgan fingerprint density at radius 1 is 1.15 bits per heavy atom. The largest absolute Gasteiger partial charge is 0.388 e. The summed E-state index contributed by atoms with van der Waals surface area (Å²) in [6.07, 6.45) is 0.376. The van der Waals surface area contributed by atoms with E-state index in [9.17, 15) is 5.11 Å². The first-order valence-corrected chi connectivity index (χ1v) is 8.21. The maximum absolute atomic E-state index is 9.79. The third-order valence-electron chi connectivity index (χ3n) is 3.13. The summed E-state index contributed by atoms with van der Waals surface area (Å²) in [4.78, 5) is 5.76. The van der Waals surface area contributed by atoms with Gasteiger partial charge in [-0.15, -0.1) is 11.3 Å². The van der Waals surface area contributed by atoms with E-state index in [1.165, 1.54) is 4.70 Å². The molecule has 0 saturated carbocycles. The molecule has 0 aliphatic rings. The van der Waals surface area contributed by atoms with Crippen LogP contribution in [0.15, 0.2) is 57.8 Å². The summed E-state index contributed by atoms with van der Waals surface area (Å²) in [6.45, 7) is 1.98. The first-order chi connectivity index (χ1) is 9.76. The van der Waals surface area contributed by atoms with Crippen LogP contribution in [-0.4, -0.2) is 10.1 Å². The fraction of sp³-hybridized carbons (Fsp3) is 0.188. The summed E-state index contributed by atoms with van der Waals surface area (Å²) in [6, 6.07) is 16.3. The molecule has 102 valence electrons. The number of hydrogen-bond donors (Lipinski definition) is 1. The molecule has 0 amide bonds. The van der Waals surface area contributed by atoms with Crippen molar-refractivity contribution in [3.63, 3.8) is 0 Å². The van der Waals surface area contributed by atoms with Gasteiger partial charge in [0.1, 0.15) is 0 Å². The number of aliphatic hydroxyl groups is 1. The number of nitrogens with zero attached hydrogens (tertiary/aromatic N) is 1. The molecule has 3 aromatic rings. The van der Waals surface area contributed by atoms with Gasteiger partial charge in [0.15, 0.2) is 4.34 Å². The molecule has 0 aliphatic carbocycles. The average molecular weight is 301 g/mol. The second-order valence-electron chi connectivity index (χ2n) is 4.54. The highest BCUT2D eigenvalue weighted by Gasteiger charge is 2.07. The molecule has 1 heterocycles. The van der Waals surface area contributed by atoms with Gasteiger partial charge in [0.05, 0.1) is 16.3 Å². The highest BCUT2D eigenvalue weighted by molar-refractivity contribution is 8.01. The zero-order chi connectivity index (χ0) is 13.9. The summed E-state index contributed by atoms with van der Waals surface area (Å²) < 4.78 is 2.27. The number of aliphatic hydroxyl groups excluding tert-OH is 1. The molecule has 2 nitrogen and oxygen atoms in total. The van der Waals surface area contributed by atoms with Crippen molar-refractivity contribution in [2.24, 2.45) is 0 Å². The maximum atomic E-state index is 9.79. The van der Waals surface area contributed by atoms with Crippen LogP contribution < -0.4 is 0 Å². The van der Waals surface area contributed by atoms with E-state index in [1.54, 1.807) is 23.1 Å². The van der Waals surface area contributed by atoms with Crippen molar-refractivity contribution in [1.29, 1.82) is 0 Å². The lowest BCUT2D eigenvalue weighted by molar-refractivity contribution is 0.173. The van der Waals surface area contributed by atoms with Gasteiger partial charge < -0.3 is 5.11 Å². The molecule has 1 unspecified atom stereocenters. The van der Waals surface area contributed by atoms with Gasteiger partial charge in [-0.1, -0.05) is 43.0 Å². The highest BCUT2D eigenvalue weighted by atomic mass is 32.2. The standard InChI is InChI=1S/C16H15NOS2/c1-2-14(18)11-7-9-12(10-8-11)19-16-17-13-5-3-4-6-15(13)20-16/h3-10,14,18H,2H2,1H3. The Hall–Kier alpha value is -1.36. The van der Waals surface area contributed by atoms with Crippen molar-refractivity contribution in [3.8, 4) is 0 Å². The van der Waals surface area contributed by atoms with E-state index >= 15 is 0 Å². The van der Waals surface area contributed by atoms with Crippen molar-refractivity contribution in [1.82, 2.24) is 4.98 Å². The second-order valence-corrected chi connectivity index (χ2v) is 6.89. The van der Waals surface area contributed by atoms with Gasteiger partial charge >= 0.3 is 0 Å². The topological polar surface area (TPSA) is 33.1 Å². The summed E-state index contributed by atoms with van der Waals surface area (Å²) in [5.41, 5.74) is 2.03. The van der Waals surface area contributed by atoms with Crippen LogP contribution in [0, 0.1) is 0 Å². The molecule has 1 N–H and O–H groups in total. The third kappa shape index (κ3) is 2.87. The monoisotopic (exact) mass is 301 g/mol. The normalized spacial score (nSPS) is 12.7. The lowest BCUT2D eigenvalue weighted by Crippen LogP contribution is -1.93. The van der Waals surface area contributed by atoms with Gasteiger partial charge in [-0.05, 0) is 36.2 Å². The number of hydrogen-bond acceptors (Lipinski definition) is 4. The molecule has 4 heteroatoms. The average Bonchev–Trinajstić information content (AvgIpc) is 2.89. The molecule has 0 saturated heterocycles. The summed E-state index contributed by atoms with van der Waals surface area (Å²) in [5.74, 6) is 0. The van der Waals surface area contributed by atoms with Crippen LogP contribution in [0.25, 0.3) is 10.2 Å². The van der Waals surface area contributed by atoms with Gasteiger partial charge in [0.25, 0.3) is 0 Å². The van der Waals surface area contributed by atoms with Crippen molar-refractivity contribution in [2.75, 3.05) is 0 Å². The summed E-state index contributed by atoms with van der Waals surface area (Å²) in [5, 5.41) is 9.79. The number of thiazole rings is 1. The molecular weight excluding hydrogens is 286 g/mol. The summed E-state index contributed by atoms with van der Waals surface area (Å²) in [7, 11) is 0. The number of para-hydroxylation sites is 1. The molecule has 0 radical (unpaired) electrons. The van der Waals surface area contributed by atoms with E-state index < -0.39 is 0 Å². The first-order valence-electron chi connectivity index (χ1n) is 6.57. The minimum atomic E-state index is -0.364. The van der Waals surface area contributed by atoms with Crippen LogP contribution >= 0.6 is 23.1 Å². The van der Waals surface area contributed by atoms with E-state index in [4.69, 9.17) is 0 Å². The van der Waals surface area contributed by atoms with Gasteiger partial charge in [-0.2, -0.15) is 0 Å². The smallest absolute Gasteiger partial charge is 0.155 e. The number of rotatable bonds is 4. The van der Waals surface area contributed by atoms with Crippen molar-refractivity contribution in [3.05, 3.63) is 54.1 Å². The zero-order valence-corrected chi connectivity index (χ0v) is 12.7. The molecule has 0 spiro atoms. The van der Waals surface area contributed by atoms with Crippen LogP contribution in [-0.2, 0) is 0 Å². The van der Waals surface area contributed by atoms with Crippen LogP contribution in [0.3, 0.4) is 0 Å². The fourth-order valence-electron chi connectivity index (χ4n) is 1.99. The summed E-state index contributed by atoms with van der Waals surface area (Å²) >= 11 is 3.38. The molecule has 2 aromatic carbocycles. The van der Waals surface area contributed by atoms with E-state index in [0.717, 1.165) is 26.7 Å². The Kier molecular flexibility index (Phi) is 4.05. The van der Waals surface area contributed by atoms with Crippen LogP contribution in [0.4, 0.5) is 0 Å². The van der Waals surface area contributed by atoms with E-state index in [-0.39, 0.29) is 6.10 Å². The highest BCUT2D eigenvalue weighted by Crippen LogP contribution is 2.34. The minimum absolute atomic E-state index is 0.364. The molecule has 0 bridgehead atoms. The van der Waals surface area contributed by atoms with Crippen molar-refractivity contribution in [2.45, 2.75) is 28.7 Å². The van der Waals surface area contributed by atoms with Crippen molar-refractivity contribution < 1.29 is 5.11 Å². The predicted octanol–water partition coefficient (Wildman–Crippen LogP) is 4.89. The van der Waals surface area contributed by atoms with E-state index in [1.807, 2.05) is 49.4 Å². The zero-order valence-electron chi connectivity index (χ0n) is 11.1. The maximum Gasteiger partial charge on any atom is 0.155 e. The van der Waals surface area contributed by atoms with Gasteiger partial charge in [0.2, 0.25) is 0 Å².